The Labute approximate surface area is 107 Å². The van der Waals surface area contributed by atoms with Gasteiger partial charge in [-0.3, -0.25) is 4.79 Å². The van der Waals surface area contributed by atoms with Crippen molar-refractivity contribution in [2.45, 2.75) is 6.54 Å². The fraction of sp³-hybridized carbons (Fsp3) is 0.167. The van der Waals surface area contributed by atoms with Gasteiger partial charge in [-0.05, 0) is 18.2 Å². The number of halogens is 2. The Hall–Kier alpha value is -2.28. The molecule has 0 spiro atoms. The Balaban J connectivity index is 2.57. The van der Waals surface area contributed by atoms with Crippen molar-refractivity contribution in [2.24, 2.45) is 0 Å². The van der Waals surface area contributed by atoms with Gasteiger partial charge in [-0.1, -0.05) is 0 Å². The Morgan fingerprint density at radius 2 is 2.11 bits per heavy atom. The Bertz CT molecular complexity index is 626. The number of aromatic nitrogens is 2. The van der Waals surface area contributed by atoms with Crippen LogP contribution >= 0.6 is 0 Å². The van der Waals surface area contributed by atoms with Crippen LogP contribution in [0.4, 0.5) is 14.6 Å². The first-order chi connectivity index (χ1) is 9.08. The highest BCUT2D eigenvalue weighted by Gasteiger charge is 2.17. The van der Waals surface area contributed by atoms with E-state index in [2.05, 4.69) is 5.10 Å². The quantitative estimate of drug-likeness (QED) is 0.816. The minimum absolute atomic E-state index is 0.0729. The van der Waals surface area contributed by atoms with E-state index >= 15 is 0 Å². The van der Waals surface area contributed by atoms with Crippen LogP contribution in [0.2, 0.25) is 0 Å². The van der Waals surface area contributed by atoms with Crippen LogP contribution in [0.3, 0.4) is 0 Å². The lowest BCUT2D eigenvalue weighted by Gasteiger charge is -1.99. The van der Waals surface area contributed by atoms with Crippen molar-refractivity contribution in [3.05, 3.63) is 35.4 Å². The molecule has 0 saturated heterocycles. The highest BCUT2D eigenvalue weighted by Crippen LogP contribution is 2.26. The second-order valence-electron chi connectivity index (χ2n) is 3.84. The number of hydrogen-bond acceptors (Lipinski definition) is 4. The van der Waals surface area contributed by atoms with Crippen molar-refractivity contribution in [1.82, 2.24) is 9.78 Å². The van der Waals surface area contributed by atoms with Crippen LogP contribution in [-0.4, -0.2) is 27.8 Å². The van der Waals surface area contributed by atoms with Gasteiger partial charge in [0.15, 0.2) is 17.9 Å². The molecule has 2 aromatic rings. The summed E-state index contributed by atoms with van der Waals surface area (Å²) in [6.07, 6.45) is 0.493. The van der Waals surface area contributed by atoms with Crippen LogP contribution in [0.1, 0.15) is 10.4 Å². The van der Waals surface area contributed by atoms with Crippen LogP contribution in [-0.2, 0) is 6.54 Å². The summed E-state index contributed by atoms with van der Waals surface area (Å²) in [7, 11) is 0. The van der Waals surface area contributed by atoms with E-state index in [9.17, 15) is 13.6 Å². The maximum Gasteiger partial charge on any atom is 0.159 e. The minimum atomic E-state index is -1.04. The second-order valence-corrected chi connectivity index (χ2v) is 3.84. The monoisotopic (exact) mass is 267 g/mol. The molecular weight excluding hydrogens is 256 g/mol. The molecule has 0 aliphatic rings. The second kappa shape index (κ2) is 5.15. The first-order valence-electron chi connectivity index (χ1n) is 5.46. The molecule has 0 bridgehead atoms. The Kier molecular flexibility index (Phi) is 3.57. The van der Waals surface area contributed by atoms with Gasteiger partial charge in [0.25, 0.3) is 0 Å². The van der Waals surface area contributed by atoms with Gasteiger partial charge in [-0.2, -0.15) is 5.10 Å². The van der Waals surface area contributed by atoms with Crippen LogP contribution < -0.4 is 5.73 Å². The number of aliphatic hydroxyl groups is 1. The smallest absolute Gasteiger partial charge is 0.159 e. The van der Waals surface area contributed by atoms with Gasteiger partial charge in [0, 0.05) is 5.56 Å². The molecule has 0 saturated carbocycles. The van der Waals surface area contributed by atoms with E-state index in [0.717, 1.165) is 12.1 Å². The van der Waals surface area contributed by atoms with Gasteiger partial charge in [0.1, 0.15) is 11.5 Å². The summed E-state index contributed by atoms with van der Waals surface area (Å²) in [5.41, 5.74) is 6.17. The van der Waals surface area contributed by atoms with Gasteiger partial charge < -0.3 is 10.8 Å². The molecule has 0 fully saturated rings. The van der Waals surface area contributed by atoms with E-state index in [4.69, 9.17) is 10.8 Å². The van der Waals surface area contributed by atoms with E-state index in [1.54, 1.807) is 0 Å². The number of carbonyl (C=O) groups excluding carboxylic acids is 1. The van der Waals surface area contributed by atoms with E-state index in [0.29, 0.717) is 6.29 Å². The Morgan fingerprint density at radius 3 is 2.68 bits per heavy atom. The first kappa shape index (κ1) is 13.2. The first-order valence-corrected chi connectivity index (χ1v) is 5.46. The van der Waals surface area contributed by atoms with E-state index < -0.39 is 11.6 Å². The van der Waals surface area contributed by atoms with Gasteiger partial charge in [0.2, 0.25) is 0 Å². The zero-order valence-electron chi connectivity index (χ0n) is 9.81. The average molecular weight is 267 g/mol. The summed E-state index contributed by atoms with van der Waals surface area (Å²) in [5, 5.41) is 12.9. The standard InChI is InChI=1S/C12H11F2N3O2/c13-9-2-1-7(5-10(9)14)11-8(6-19)12(15)17(16-11)3-4-18/h1-2,5-6,18H,3-4,15H2. The normalized spacial score (nSPS) is 10.7. The molecule has 1 aromatic carbocycles. The van der Waals surface area contributed by atoms with Crippen molar-refractivity contribution in [3.8, 4) is 11.3 Å². The lowest BCUT2D eigenvalue weighted by atomic mass is 10.1. The molecule has 0 unspecified atom stereocenters. The summed E-state index contributed by atoms with van der Waals surface area (Å²) >= 11 is 0. The number of rotatable bonds is 4. The number of nitrogens with two attached hydrogens (primary N) is 1. The van der Waals surface area contributed by atoms with Crippen molar-refractivity contribution in [1.29, 1.82) is 0 Å². The maximum absolute atomic E-state index is 13.2. The molecular formula is C12H11F2N3O2. The summed E-state index contributed by atoms with van der Waals surface area (Å²) in [5.74, 6) is -1.95. The van der Waals surface area contributed by atoms with Crippen molar-refractivity contribution >= 4 is 12.1 Å². The third-order valence-corrected chi connectivity index (χ3v) is 2.65. The molecule has 0 aliphatic heterocycles. The van der Waals surface area contributed by atoms with Crippen molar-refractivity contribution < 1.29 is 18.7 Å². The van der Waals surface area contributed by atoms with E-state index in [1.807, 2.05) is 0 Å². The fourth-order valence-electron chi connectivity index (χ4n) is 1.73. The van der Waals surface area contributed by atoms with Crippen LogP contribution in [0.25, 0.3) is 11.3 Å². The SMILES string of the molecule is Nc1c(C=O)c(-c2ccc(F)c(F)c2)nn1CCO. The maximum atomic E-state index is 13.2. The van der Waals surface area contributed by atoms with Crippen LogP contribution in [0, 0.1) is 11.6 Å². The summed E-state index contributed by atoms with van der Waals surface area (Å²) in [6.45, 7) is -0.0995. The van der Waals surface area contributed by atoms with Gasteiger partial charge in [-0.25, -0.2) is 13.5 Å². The Morgan fingerprint density at radius 1 is 1.37 bits per heavy atom. The molecule has 0 atom stereocenters. The summed E-state index contributed by atoms with van der Waals surface area (Å²) in [4.78, 5) is 11.0. The van der Waals surface area contributed by atoms with E-state index in [1.165, 1.54) is 10.7 Å². The molecule has 0 amide bonds. The molecule has 0 radical (unpaired) electrons. The molecule has 19 heavy (non-hydrogen) atoms. The number of anilines is 1. The number of nitrogen functional groups attached to an aromatic ring is 1. The molecule has 100 valence electrons. The number of benzene rings is 1. The molecule has 5 nitrogen and oxygen atoms in total. The molecule has 2 rings (SSSR count). The zero-order chi connectivity index (χ0) is 14.0. The van der Waals surface area contributed by atoms with Gasteiger partial charge >= 0.3 is 0 Å². The topological polar surface area (TPSA) is 81.1 Å². The predicted octanol–water partition coefficient (Wildman–Crippen LogP) is 1.22. The number of aliphatic hydroxyl groups excluding tert-OH is 1. The summed E-state index contributed by atoms with van der Waals surface area (Å²) < 4.78 is 27.3. The average Bonchev–Trinajstić information content (AvgIpc) is 2.70. The van der Waals surface area contributed by atoms with Crippen molar-refractivity contribution in [3.63, 3.8) is 0 Å². The summed E-state index contributed by atoms with van der Waals surface area (Å²) in [6, 6.07) is 3.18. The largest absolute Gasteiger partial charge is 0.394 e. The molecule has 3 N–H and O–H groups in total. The van der Waals surface area contributed by atoms with Crippen LogP contribution in [0.5, 0.6) is 0 Å². The lowest BCUT2D eigenvalue weighted by Crippen LogP contribution is -2.08. The minimum Gasteiger partial charge on any atom is -0.394 e. The van der Waals surface area contributed by atoms with Crippen molar-refractivity contribution in [2.75, 3.05) is 12.3 Å². The fourth-order valence-corrected chi connectivity index (χ4v) is 1.73. The lowest BCUT2D eigenvalue weighted by molar-refractivity contribution is 0.112. The highest BCUT2D eigenvalue weighted by atomic mass is 19.2. The zero-order valence-corrected chi connectivity index (χ0v) is 9.81. The number of hydrogen-bond donors (Lipinski definition) is 2. The number of carbonyl (C=O) groups is 1. The third-order valence-electron chi connectivity index (χ3n) is 2.65. The number of nitrogens with zero attached hydrogens (tertiary/aromatic N) is 2. The van der Waals surface area contributed by atoms with E-state index in [-0.39, 0.29) is 35.8 Å². The molecule has 1 aromatic heterocycles. The number of aldehydes is 1. The van der Waals surface area contributed by atoms with Gasteiger partial charge in [0.05, 0.1) is 18.7 Å². The molecule has 0 aliphatic carbocycles. The predicted molar refractivity (Wildman–Crippen MR) is 64.5 cm³/mol. The van der Waals surface area contributed by atoms with Gasteiger partial charge in [-0.15, -0.1) is 0 Å². The molecule has 1 heterocycles. The van der Waals surface area contributed by atoms with Crippen LogP contribution in [0.15, 0.2) is 18.2 Å². The molecule has 7 heteroatoms. The third kappa shape index (κ3) is 2.32. The highest BCUT2D eigenvalue weighted by molar-refractivity contribution is 5.91.